The van der Waals surface area contributed by atoms with Crippen LogP contribution in [0.25, 0.3) is 0 Å². The number of carboxylic acids is 2. The molecule has 1 aromatic rings. The second-order valence-corrected chi connectivity index (χ2v) is 11.0. The van der Waals surface area contributed by atoms with Crippen molar-refractivity contribution in [1.82, 2.24) is 15.1 Å². The number of allylic oxidation sites excluding steroid dienone is 1. The Kier molecular flexibility index (Phi) is 9.93. The number of carboxylic acid groups (broad SMARTS) is 2. The lowest BCUT2D eigenvalue weighted by atomic mass is 9.94. The van der Waals surface area contributed by atoms with Gasteiger partial charge < -0.3 is 30.6 Å². The van der Waals surface area contributed by atoms with Gasteiger partial charge in [0, 0.05) is 55.9 Å². The fraction of sp³-hybridized carbons (Fsp3) is 0.571. The largest absolute Gasteiger partial charge is 0.479 e. The Morgan fingerprint density at radius 1 is 1.08 bits per heavy atom. The summed E-state index contributed by atoms with van der Waals surface area (Å²) in [5.74, 6) is -2.41. The number of hydrogen-bond acceptors (Lipinski definition) is 7. The summed E-state index contributed by atoms with van der Waals surface area (Å²) >= 11 is 5.49. The lowest BCUT2D eigenvalue weighted by Crippen LogP contribution is -2.51. The van der Waals surface area contributed by atoms with Crippen molar-refractivity contribution in [1.29, 1.82) is 0 Å². The van der Waals surface area contributed by atoms with Crippen molar-refractivity contribution in [2.24, 2.45) is 4.99 Å². The molecular weight excluding hydrogens is 516 g/mol. The van der Waals surface area contributed by atoms with Gasteiger partial charge in [0.25, 0.3) is 0 Å². The third-order valence-corrected chi connectivity index (χ3v) is 8.08. The Morgan fingerprint density at radius 3 is 2.46 bits per heavy atom. The highest BCUT2D eigenvalue weighted by Crippen LogP contribution is 2.31. The molecule has 0 aromatic heterocycles. The molecule has 0 bridgehead atoms. The second-order valence-electron chi connectivity index (χ2n) is 10.6. The van der Waals surface area contributed by atoms with E-state index in [9.17, 15) is 19.8 Å². The first-order valence-corrected chi connectivity index (χ1v) is 14.3. The first kappa shape index (κ1) is 29.0. The van der Waals surface area contributed by atoms with Crippen LogP contribution in [-0.4, -0.2) is 94.1 Å². The van der Waals surface area contributed by atoms with Gasteiger partial charge in [-0.2, -0.15) is 0 Å². The molecule has 1 saturated heterocycles. The molecular formula is C28H40N6O4S. The number of piperazine rings is 1. The van der Waals surface area contributed by atoms with E-state index in [0.717, 1.165) is 51.7 Å². The van der Waals surface area contributed by atoms with Gasteiger partial charge in [0.15, 0.2) is 11.2 Å². The molecule has 0 amide bonds. The Morgan fingerprint density at radius 2 is 1.79 bits per heavy atom. The van der Waals surface area contributed by atoms with E-state index in [2.05, 4.69) is 25.4 Å². The standard InChI is InChI=1S/C28H40N6O4S/c1-19-24(26(35)36)34(25(27(37)38)20(2)30-19)23-11-6-8-21(18-23)31-28(39)29-12-7-13-32-14-16-33(17-15-32)22-9-4-3-5-10-22/h6,8,11,18,22,24H,3-5,7,9-10,12-17H2,1-2H3,(H,35,36)(H,37,38)(H2,29,31,39). The zero-order chi connectivity index (χ0) is 27.9. The molecule has 212 valence electrons. The lowest BCUT2D eigenvalue weighted by molar-refractivity contribution is -0.137. The first-order valence-electron chi connectivity index (χ1n) is 13.9. The fourth-order valence-corrected chi connectivity index (χ4v) is 6.13. The maximum atomic E-state index is 12.0. The number of hydrogen-bond donors (Lipinski definition) is 4. The van der Waals surface area contributed by atoms with E-state index < -0.39 is 18.0 Å². The van der Waals surface area contributed by atoms with Crippen molar-refractivity contribution < 1.29 is 19.8 Å². The van der Waals surface area contributed by atoms with E-state index in [-0.39, 0.29) is 11.4 Å². The molecule has 1 aromatic carbocycles. The van der Waals surface area contributed by atoms with Crippen LogP contribution in [0.3, 0.4) is 0 Å². The Hall–Kier alpha value is -3.02. The summed E-state index contributed by atoms with van der Waals surface area (Å²) in [4.78, 5) is 34.8. The number of thiocarbonyl (C=S) groups is 1. The number of nitrogens with one attached hydrogen (secondary N) is 2. The van der Waals surface area contributed by atoms with Gasteiger partial charge in [0.1, 0.15) is 5.70 Å². The lowest BCUT2D eigenvalue weighted by Gasteiger charge is -2.40. The van der Waals surface area contributed by atoms with Crippen LogP contribution in [-0.2, 0) is 9.59 Å². The number of nitrogens with zero attached hydrogens (tertiary/aromatic N) is 4. The highest BCUT2D eigenvalue weighted by molar-refractivity contribution is 7.80. The Balaban J connectivity index is 1.27. The van der Waals surface area contributed by atoms with E-state index >= 15 is 0 Å². The molecule has 1 saturated carbocycles. The normalized spacial score (nSPS) is 21.4. The molecule has 3 aliphatic rings. The van der Waals surface area contributed by atoms with Crippen molar-refractivity contribution >= 4 is 46.4 Å². The molecule has 0 spiro atoms. The molecule has 39 heavy (non-hydrogen) atoms. The predicted molar refractivity (Wildman–Crippen MR) is 158 cm³/mol. The van der Waals surface area contributed by atoms with Crippen LogP contribution in [0.2, 0.25) is 0 Å². The summed E-state index contributed by atoms with van der Waals surface area (Å²) in [6.07, 6.45) is 7.85. The van der Waals surface area contributed by atoms with E-state index in [4.69, 9.17) is 12.2 Å². The average Bonchev–Trinajstić information content (AvgIpc) is 2.91. The van der Waals surface area contributed by atoms with Crippen LogP contribution in [0.15, 0.2) is 40.7 Å². The van der Waals surface area contributed by atoms with Gasteiger partial charge in [-0.3, -0.25) is 9.89 Å². The third-order valence-electron chi connectivity index (χ3n) is 7.83. The second kappa shape index (κ2) is 13.4. The van der Waals surface area contributed by atoms with E-state index in [0.29, 0.717) is 22.2 Å². The van der Waals surface area contributed by atoms with Crippen molar-refractivity contribution in [3.8, 4) is 0 Å². The number of anilines is 2. The summed E-state index contributed by atoms with van der Waals surface area (Å²) in [6, 6.07) is 6.50. The summed E-state index contributed by atoms with van der Waals surface area (Å²) in [7, 11) is 0. The van der Waals surface area contributed by atoms with Gasteiger partial charge in [0.05, 0.1) is 5.70 Å². The molecule has 2 aliphatic heterocycles. The van der Waals surface area contributed by atoms with Gasteiger partial charge >= 0.3 is 11.9 Å². The predicted octanol–water partition coefficient (Wildman–Crippen LogP) is 3.36. The van der Waals surface area contributed by atoms with Gasteiger partial charge in [-0.15, -0.1) is 0 Å². The van der Waals surface area contributed by atoms with Gasteiger partial charge in [-0.1, -0.05) is 25.3 Å². The maximum absolute atomic E-state index is 12.0. The minimum absolute atomic E-state index is 0.162. The van der Waals surface area contributed by atoms with Crippen molar-refractivity contribution in [2.45, 2.75) is 64.5 Å². The van der Waals surface area contributed by atoms with Gasteiger partial charge in [-0.05, 0) is 70.1 Å². The zero-order valence-electron chi connectivity index (χ0n) is 22.9. The molecule has 1 unspecified atom stereocenters. The number of carbonyl (C=O) groups is 2. The summed E-state index contributed by atoms with van der Waals surface area (Å²) in [5.41, 5.74) is 1.47. The molecule has 0 radical (unpaired) electrons. The molecule has 2 heterocycles. The van der Waals surface area contributed by atoms with Crippen molar-refractivity contribution in [2.75, 3.05) is 49.5 Å². The van der Waals surface area contributed by atoms with Crippen LogP contribution in [0.1, 0.15) is 52.4 Å². The van der Waals surface area contributed by atoms with E-state index in [1.54, 1.807) is 38.1 Å². The van der Waals surface area contributed by atoms with Crippen molar-refractivity contribution in [3.63, 3.8) is 0 Å². The van der Waals surface area contributed by atoms with Crippen molar-refractivity contribution in [3.05, 3.63) is 35.7 Å². The minimum atomic E-state index is -1.24. The Bertz CT molecular complexity index is 1120. The number of aliphatic carboxylic acids is 2. The average molecular weight is 557 g/mol. The number of benzene rings is 1. The van der Waals surface area contributed by atoms with Crippen LogP contribution in [0.4, 0.5) is 11.4 Å². The number of rotatable bonds is 9. The summed E-state index contributed by atoms with van der Waals surface area (Å²) in [5, 5.41) is 26.5. The van der Waals surface area contributed by atoms with Crippen LogP contribution in [0.5, 0.6) is 0 Å². The smallest absolute Gasteiger partial charge is 0.354 e. The van der Waals surface area contributed by atoms with E-state index in [1.807, 2.05) is 0 Å². The van der Waals surface area contributed by atoms with Gasteiger partial charge in [-0.25, -0.2) is 9.59 Å². The highest BCUT2D eigenvalue weighted by atomic mass is 32.1. The van der Waals surface area contributed by atoms with Crippen LogP contribution < -0.4 is 15.5 Å². The molecule has 11 heteroatoms. The SMILES string of the molecule is CC1=NC(C)=C(C(=O)O)N(c2cccc(NC(=S)NCCCN3CCN(C4CCCCC4)CC3)c2)C1C(=O)O. The third kappa shape index (κ3) is 7.34. The molecule has 1 aliphatic carbocycles. The fourth-order valence-electron chi connectivity index (χ4n) is 5.91. The number of aliphatic imine (C=N–C) groups is 1. The zero-order valence-corrected chi connectivity index (χ0v) is 23.7. The molecule has 4 rings (SSSR count). The Labute approximate surface area is 235 Å². The summed E-state index contributed by atoms with van der Waals surface area (Å²) in [6.45, 7) is 9.49. The van der Waals surface area contributed by atoms with Gasteiger partial charge in [0.2, 0.25) is 0 Å². The molecule has 10 nitrogen and oxygen atoms in total. The van der Waals surface area contributed by atoms with Crippen LogP contribution in [0, 0.1) is 0 Å². The molecule has 1 atom stereocenters. The quantitative estimate of drug-likeness (QED) is 0.266. The molecule has 4 N–H and O–H groups in total. The topological polar surface area (TPSA) is 121 Å². The van der Waals surface area contributed by atoms with Crippen LogP contribution >= 0.6 is 12.2 Å². The minimum Gasteiger partial charge on any atom is -0.479 e. The van der Waals surface area contributed by atoms with E-state index in [1.165, 1.54) is 37.0 Å². The highest BCUT2D eigenvalue weighted by Gasteiger charge is 2.38. The monoisotopic (exact) mass is 556 g/mol. The first-order chi connectivity index (χ1) is 18.7. The summed E-state index contributed by atoms with van der Waals surface area (Å²) < 4.78 is 0. The maximum Gasteiger partial charge on any atom is 0.354 e. The molecule has 2 fully saturated rings.